The Morgan fingerprint density at radius 3 is 2.47 bits per heavy atom. The lowest BCUT2D eigenvalue weighted by atomic mass is 10.2. The summed E-state index contributed by atoms with van der Waals surface area (Å²) in [7, 11) is 0. The van der Waals surface area contributed by atoms with Gasteiger partial charge in [-0.2, -0.15) is 0 Å². The van der Waals surface area contributed by atoms with Crippen LogP contribution >= 0.6 is 11.6 Å². The lowest BCUT2D eigenvalue weighted by Gasteiger charge is -2.14. The van der Waals surface area contributed by atoms with Gasteiger partial charge in [0.25, 0.3) is 0 Å². The molecule has 1 fully saturated rings. The first kappa shape index (κ1) is 12.7. The zero-order valence-electron chi connectivity index (χ0n) is 10.3. The molecule has 94 valence electrons. The van der Waals surface area contributed by atoms with Crippen LogP contribution in [0.15, 0.2) is 24.3 Å². The van der Waals surface area contributed by atoms with Crippen LogP contribution in [-0.2, 0) is 5.88 Å². The highest BCUT2D eigenvalue weighted by atomic mass is 35.5. The van der Waals surface area contributed by atoms with Crippen LogP contribution in [-0.4, -0.2) is 31.1 Å². The fourth-order valence-corrected chi connectivity index (χ4v) is 2.43. The van der Waals surface area contributed by atoms with E-state index in [4.69, 9.17) is 11.6 Å². The predicted molar refractivity (Wildman–Crippen MR) is 74.8 cm³/mol. The summed E-state index contributed by atoms with van der Waals surface area (Å²) in [6.45, 7) is 4.87. The first-order valence-electron chi connectivity index (χ1n) is 6.49. The summed E-state index contributed by atoms with van der Waals surface area (Å²) in [6, 6.07) is 8.37. The predicted octanol–water partition coefficient (Wildman–Crippen LogP) is 3.32. The van der Waals surface area contributed by atoms with Crippen molar-refractivity contribution in [2.24, 2.45) is 0 Å². The standard InChI is InChI=1S/C14H21ClN2/c15-12-13-4-6-14(7-5-13)16-8-3-11-17-9-1-2-10-17/h4-7,16H,1-3,8-12H2. The third-order valence-electron chi connectivity index (χ3n) is 3.29. The number of halogens is 1. The van der Waals surface area contributed by atoms with E-state index in [1.54, 1.807) is 0 Å². The number of hydrogen-bond donors (Lipinski definition) is 1. The van der Waals surface area contributed by atoms with Crippen LogP contribution in [0, 0.1) is 0 Å². The second-order valence-corrected chi connectivity index (χ2v) is 4.93. The summed E-state index contributed by atoms with van der Waals surface area (Å²) in [5.74, 6) is 0.592. The zero-order valence-corrected chi connectivity index (χ0v) is 11.0. The van der Waals surface area contributed by atoms with Crippen LogP contribution in [0.4, 0.5) is 5.69 Å². The quantitative estimate of drug-likeness (QED) is 0.617. The summed E-state index contributed by atoms with van der Waals surface area (Å²) >= 11 is 5.75. The minimum atomic E-state index is 0.592. The molecule has 1 aliphatic rings. The van der Waals surface area contributed by atoms with Crippen molar-refractivity contribution in [3.05, 3.63) is 29.8 Å². The summed E-state index contributed by atoms with van der Waals surface area (Å²) in [5, 5.41) is 3.45. The highest BCUT2D eigenvalue weighted by Crippen LogP contribution is 2.11. The van der Waals surface area contributed by atoms with Gasteiger partial charge in [-0.05, 0) is 56.6 Å². The molecule has 0 atom stereocenters. The number of likely N-dealkylation sites (tertiary alicyclic amines) is 1. The third-order valence-corrected chi connectivity index (χ3v) is 3.60. The molecule has 1 heterocycles. The summed E-state index contributed by atoms with van der Waals surface area (Å²) < 4.78 is 0. The van der Waals surface area contributed by atoms with E-state index in [1.165, 1.54) is 50.1 Å². The Morgan fingerprint density at radius 1 is 1.12 bits per heavy atom. The van der Waals surface area contributed by atoms with Crippen molar-refractivity contribution in [2.45, 2.75) is 25.1 Å². The van der Waals surface area contributed by atoms with Crippen LogP contribution in [0.1, 0.15) is 24.8 Å². The maximum Gasteiger partial charge on any atom is 0.0474 e. The normalized spacial score (nSPS) is 16.3. The molecule has 0 unspecified atom stereocenters. The van der Waals surface area contributed by atoms with E-state index in [9.17, 15) is 0 Å². The van der Waals surface area contributed by atoms with Crippen LogP contribution in [0.5, 0.6) is 0 Å². The average Bonchev–Trinajstić information content (AvgIpc) is 2.88. The van der Waals surface area contributed by atoms with E-state index in [2.05, 4.69) is 34.5 Å². The molecule has 1 aliphatic heterocycles. The maximum atomic E-state index is 5.75. The average molecular weight is 253 g/mol. The van der Waals surface area contributed by atoms with E-state index in [0.717, 1.165) is 6.54 Å². The summed E-state index contributed by atoms with van der Waals surface area (Å²) in [5.41, 5.74) is 2.37. The monoisotopic (exact) mass is 252 g/mol. The second-order valence-electron chi connectivity index (χ2n) is 4.66. The Balaban J connectivity index is 1.63. The van der Waals surface area contributed by atoms with E-state index < -0.39 is 0 Å². The number of nitrogens with zero attached hydrogens (tertiary/aromatic N) is 1. The van der Waals surface area contributed by atoms with Crippen molar-refractivity contribution in [3.63, 3.8) is 0 Å². The van der Waals surface area contributed by atoms with Gasteiger partial charge < -0.3 is 10.2 Å². The fraction of sp³-hybridized carbons (Fsp3) is 0.571. The molecule has 3 heteroatoms. The minimum Gasteiger partial charge on any atom is -0.385 e. The van der Waals surface area contributed by atoms with Crippen molar-refractivity contribution in [1.29, 1.82) is 0 Å². The van der Waals surface area contributed by atoms with Gasteiger partial charge in [-0.1, -0.05) is 12.1 Å². The van der Waals surface area contributed by atoms with E-state index in [1.807, 2.05) is 0 Å². The number of anilines is 1. The van der Waals surface area contributed by atoms with Gasteiger partial charge in [0.15, 0.2) is 0 Å². The molecule has 1 aromatic rings. The Morgan fingerprint density at radius 2 is 1.82 bits per heavy atom. The van der Waals surface area contributed by atoms with Crippen molar-refractivity contribution in [3.8, 4) is 0 Å². The Hall–Kier alpha value is -0.730. The van der Waals surface area contributed by atoms with Crippen molar-refractivity contribution in [1.82, 2.24) is 4.90 Å². The van der Waals surface area contributed by atoms with Gasteiger partial charge in [0.05, 0.1) is 0 Å². The van der Waals surface area contributed by atoms with Gasteiger partial charge in [-0.15, -0.1) is 11.6 Å². The molecule has 0 amide bonds. The molecular weight excluding hydrogens is 232 g/mol. The lowest BCUT2D eigenvalue weighted by Crippen LogP contribution is -2.22. The van der Waals surface area contributed by atoms with Gasteiger partial charge in [-0.3, -0.25) is 0 Å². The molecule has 17 heavy (non-hydrogen) atoms. The number of rotatable bonds is 6. The highest BCUT2D eigenvalue weighted by molar-refractivity contribution is 6.17. The topological polar surface area (TPSA) is 15.3 Å². The third kappa shape index (κ3) is 4.21. The number of alkyl halides is 1. The van der Waals surface area contributed by atoms with Gasteiger partial charge in [0, 0.05) is 18.1 Å². The van der Waals surface area contributed by atoms with E-state index in [-0.39, 0.29) is 0 Å². The molecular formula is C14H21ClN2. The SMILES string of the molecule is ClCc1ccc(NCCCN2CCCC2)cc1. The molecule has 2 rings (SSSR count). The van der Waals surface area contributed by atoms with Crippen LogP contribution in [0.2, 0.25) is 0 Å². The molecule has 2 nitrogen and oxygen atoms in total. The van der Waals surface area contributed by atoms with E-state index >= 15 is 0 Å². The van der Waals surface area contributed by atoms with Gasteiger partial charge >= 0.3 is 0 Å². The number of hydrogen-bond acceptors (Lipinski definition) is 2. The van der Waals surface area contributed by atoms with Gasteiger partial charge in [0.1, 0.15) is 0 Å². The smallest absolute Gasteiger partial charge is 0.0474 e. The molecule has 0 radical (unpaired) electrons. The van der Waals surface area contributed by atoms with Crippen molar-refractivity contribution >= 4 is 17.3 Å². The first-order valence-corrected chi connectivity index (χ1v) is 7.03. The first-order chi connectivity index (χ1) is 8.38. The number of benzene rings is 1. The van der Waals surface area contributed by atoms with Crippen molar-refractivity contribution < 1.29 is 0 Å². The molecule has 1 aromatic carbocycles. The molecule has 0 aromatic heterocycles. The molecule has 1 saturated heterocycles. The van der Waals surface area contributed by atoms with E-state index in [0.29, 0.717) is 5.88 Å². The van der Waals surface area contributed by atoms with Crippen LogP contribution < -0.4 is 5.32 Å². The molecule has 0 saturated carbocycles. The fourth-order valence-electron chi connectivity index (χ4n) is 2.25. The largest absolute Gasteiger partial charge is 0.385 e. The Labute approximate surface area is 109 Å². The zero-order chi connectivity index (χ0) is 11.9. The molecule has 1 N–H and O–H groups in total. The summed E-state index contributed by atoms with van der Waals surface area (Å²) in [4.78, 5) is 2.55. The second kappa shape index (κ2) is 6.87. The summed E-state index contributed by atoms with van der Waals surface area (Å²) in [6.07, 6.45) is 3.98. The number of nitrogens with one attached hydrogen (secondary N) is 1. The van der Waals surface area contributed by atoms with Gasteiger partial charge in [0.2, 0.25) is 0 Å². The Bertz CT molecular complexity index is 317. The maximum absolute atomic E-state index is 5.75. The molecule has 0 aliphatic carbocycles. The Kier molecular flexibility index (Phi) is 5.14. The lowest BCUT2D eigenvalue weighted by molar-refractivity contribution is 0.337. The van der Waals surface area contributed by atoms with Gasteiger partial charge in [-0.25, -0.2) is 0 Å². The molecule has 0 spiro atoms. The van der Waals surface area contributed by atoms with Crippen LogP contribution in [0.3, 0.4) is 0 Å². The van der Waals surface area contributed by atoms with Crippen LogP contribution in [0.25, 0.3) is 0 Å². The highest BCUT2D eigenvalue weighted by Gasteiger charge is 2.09. The minimum absolute atomic E-state index is 0.592. The molecule has 0 bridgehead atoms. The van der Waals surface area contributed by atoms with Crippen molar-refractivity contribution in [2.75, 3.05) is 31.5 Å².